The third-order valence-electron chi connectivity index (χ3n) is 6.96. The average molecular weight is 550 g/mol. The van der Waals surface area contributed by atoms with Crippen LogP contribution in [0.15, 0.2) is 66.7 Å². The first-order valence-corrected chi connectivity index (χ1v) is 14.0. The fourth-order valence-electron chi connectivity index (χ4n) is 4.92. The minimum absolute atomic E-state index is 0.0258. The van der Waals surface area contributed by atoms with E-state index in [0.717, 1.165) is 31.2 Å². The molecule has 3 amide bonds. The van der Waals surface area contributed by atoms with Crippen molar-refractivity contribution in [3.05, 3.63) is 72.3 Å². The largest absolute Gasteiger partial charge is 0.497 e. The van der Waals surface area contributed by atoms with Gasteiger partial charge >= 0.3 is 6.09 Å². The minimum atomic E-state index is -0.717. The Morgan fingerprint density at radius 3 is 2.23 bits per heavy atom. The Kier molecular flexibility index (Phi) is 11.2. The van der Waals surface area contributed by atoms with Crippen molar-refractivity contribution < 1.29 is 23.9 Å². The van der Waals surface area contributed by atoms with E-state index in [2.05, 4.69) is 16.0 Å². The number of carbonyl (C=O) groups excluding carboxylic acids is 3. The molecule has 3 atom stereocenters. The first kappa shape index (κ1) is 30.7. The van der Waals surface area contributed by atoms with Crippen LogP contribution in [-0.2, 0) is 20.7 Å². The molecular formula is C32H43N3O5. The molecule has 216 valence electrons. The normalized spacial score (nSPS) is 16.1. The van der Waals surface area contributed by atoms with Gasteiger partial charge in [0.05, 0.1) is 13.2 Å². The molecule has 2 aromatic rings. The highest BCUT2D eigenvalue weighted by Gasteiger charge is 2.34. The van der Waals surface area contributed by atoms with Gasteiger partial charge in [-0.15, -0.1) is 0 Å². The number of hydrogen-bond donors (Lipinski definition) is 3. The Labute approximate surface area is 237 Å². The maximum Gasteiger partial charge on any atom is 0.408 e. The predicted molar refractivity (Wildman–Crippen MR) is 157 cm³/mol. The molecule has 8 heteroatoms. The smallest absolute Gasteiger partial charge is 0.408 e. The molecule has 0 bridgehead atoms. The number of alkyl carbamates (subject to hydrolysis) is 1. The standard InChI is InChI=1S/C32H43N3O5/c1-22(21-23-11-7-6-8-12-23)27(19-20-28(36)33-25-15-17-26(39-5)18-16-25)34-30(37)29(24-13-9-10-14-24)35-31(38)40-32(2,3)4/h6-8,11-12,15-20,22,24,27,29H,9-10,13-14,21H2,1-5H3,(H,33,36)(H,34,37)(H,35,38)/b20-19+/t22?,27-,29?/m1/s1. The van der Waals surface area contributed by atoms with Crippen LogP contribution in [0, 0.1) is 11.8 Å². The summed E-state index contributed by atoms with van der Waals surface area (Å²) in [7, 11) is 1.58. The van der Waals surface area contributed by atoms with E-state index in [1.165, 1.54) is 6.08 Å². The Morgan fingerprint density at radius 1 is 0.975 bits per heavy atom. The van der Waals surface area contributed by atoms with Crippen molar-refractivity contribution in [2.75, 3.05) is 12.4 Å². The van der Waals surface area contributed by atoms with Gasteiger partial charge in [-0.05, 0) is 81.7 Å². The van der Waals surface area contributed by atoms with Crippen LogP contribution in [0.3, 0.4) is 0 Å². The maximum absolute atomic E-state index is 13.7. The summed E-state index contributed by atoms with van der Waals surface area (Å²) in [4.78, 5) is 39.0. The van der Waals surface area contributed by atoms with Crippen molar-refractivity contribution in [2.45, 2.75) is 77.5 Å². The zero-order valence-electron chi connectivity index (χ0n) is 24.2. The summed E-state index contributed by atoms with van der Waals surface area (Å²) in [5.74, 6) is 0.114. The number of methoxy groups -OCH3 is 1. The molecule has 2 unspecified atom stereocenters. The molecule has 0 heterocycles. The molecule has 0 aromatic heterocycles. The number of amides is 3. The number of nitrogens with one attached hydrogen (secondary N) is 3. The average Bonchev–Trinajstić information content (AvgIpc) is 3.44. The predicted octanol–water partition coefficient (Wildman–Crippen LogP) is 5.64. The maximum atomic E-state index is 13.7. The lowest BCUT2D eigenvalue weighted by atomic mass is 9.92. The van der Waals surface area contributed by atoms with Gasteiger partial charge in [-0.25, -0.2) is 4.79 Å². The molecule has 3 rings (SSSR count). The molecule has 1 aliphatic rings. The topological polar surface area (TPSA) is 106 Å². The lowest BCUT2D eigenvalue weighted by Crippen LogP contribution is -2.54. The van der Waals surface area contributed by atoms with Crippen molar-refractivity contribution in [1.29, 1.82) is 0 Å². The number of anilines is 1. The van der Waals surface area contributed by atoms with Gasteiger partial charge in [0.25, 0.3) is 0 Å². The lowest BCUT2D eigenvalue weighted by Gasteiger charge is -2.29. The number of carbonyl (C=O) groups is 3. The summed E-state index contributed by atoms with van der Waals surface area (Å²) in [5.41, 5.74) is 1.09. The molecule has 40 heavy (non-hydrogen) atoms. The molecule has 1 fully saturated rings. The quantitative estimate of drug-likeness (QED) is 0.315. The minimum Gasteiger partial charge on any atom is -0.497 e. The van der Waals surface area contributed by atoms with Crippen LogP contribution in [0.25, 0.3) is 0 Å². The second kappa shape index (κ2) is 14.5. The molecule has 2 aromatic carbocycles. The number of rotatable bonds is 11. The van der Waals surface area contributed by atoms with Gasteiger partial charge in [0, 0.05) is 11.8 Å². The molecule has 8 nitrogen and oxygen atoms in total. The van der Waals surface area contributed by atoms with Gasteiger partial charge in [-0.1, -0.05) is 56.2 Å². The SMILES string of the molecule is COc1ccc(NC(=O)/C=C/[C@@H](NC(=O)C(NC(=O)OC(C)(C)C)C2CCCC2)C(C)Cc2ccccc2)cc1. The number of benzene rings is 2. The van der Waals surface area contributed by atoms with Crippen LogP contribution in [-0.4, -0.2) is 42.7 Å². The first-order valence-electron chi connectivity index (χ1n) is 14.0. The monoisotopic (exact) mass is 549 g/mol. The van der Waals surface area contributed by atoms with E-state index in [-0.39, 0.29) is 23.7 Å². The second-order valence-electron chi connectivity index (χ2n) is 11.4. The lowest BCUT2D eigenvalue weighted by molar-refractivity contribution is -0.125. The van der Waals surface area contributed by atoms with Gasteiger partial charge in [-0.2, -0.15) is 0 Å². The molecule has 0 aliphatic heterocycles. The highest BCUT2D eigenvalue weighted by Crippen LogP contribution is 2.28. The van der Waals surface area contributed by atoms with Crippen molar-refractivity contribution >= 4 is 23.6 Å². The number of hydrogen-bond acceptors (Lipinski definition) is 5. The third-order valence-corrected chi connectivity index (χ3v) is 6.96. The van der Waals surface area contributed by atoms with Crippen LogP contribution in [0.2, 0.25) is 0 Å². The van der Waals surface area contributed by atoms with Crippen molar-refractivity contribution in [3.63, 3.8) is 0 Å². The molecule has 1 aliphatic carbocycles. The summed E-state index contributed by atoms with van der Waals surface area (Å²) in [6, 6.07) is 15.9. The van der Waals surface area contributed by atoms with Crippen LogP contribution < -0.4 is 20.7 Å². The summed E-state index contributed by atoms with van der Waals surface area (Å²) < 4.78 is 10.6. The molecule has 1 saturated carbocycles. The van der Waals surface area contributed by atoms with Gasteiger partial charge in [0.1, 0.15) is 17.4 Å². The van der Waals surface area contributed by atoms with Crippen LogP contribution in [0.5, 0.6) is 5.75 Å². The van der Waals surface area contributed by atoms with Crippen LogP contribution in [0.1, 0.15) is 58.9 Å². The summed E-state index contributed by atoms with van der Waals surface area (Å²) in [6.45, 7) is 7.41. The molecular weight excluding hydrogens is 506 g/mol. The third kappa shape index (κ3) is 10.1. The molecule has 0 radical (unpaired) electrons. The first-order chi connectivity index (χ1) is 19.0. The van der Waals surface area contributed by atoms with Crippen molar-refractivity contribution in [1.82, 2.24) is 10.6 Å². The van der Waals surface area contributed by atoms with E-state index in [1.807, 2.05) is 37.3 Å². The van der Waals surface area contributed by atoms with Crippen molar-refractivity contribution in [3.8, 4) is 5.75 Å². The summed E-state index contributed by atoms with van der Waals surface area (Å²) in [6.07, 6.45) is 7.02. The van der Waals surface area contributed by atoms with E-state index in [4.69, 9.17) is 9.47 Å². The van der Waals surface area contributed by atoms with E-state index < -0.39 is 23.8 Å². The van der Waals surface area contributed by atoms with Gasteiger partial charge in [-0.3, -0.25) is 9.59 Å². The Hall–Kier alpha value is -3.81. The van der Waals surface area contributed by atoms with Gasteiger partial charge in [0.2, 0.25) is 11.8 Å². The molecule has 0 saturated heterocycles. The Morgan fingerprint density at radius 2 is 1.62 bits per heavy atom. The molecule has 0 spiro atoms. The van der Waals surface area contributed by atoms with Gasteiger partial charge in [0.15, 0.2) is 0 Å². The van der Waals surface area contributed by atoms with Crippen LogP contribution in [0.4, 0.5) is 10.5 Å². The van der Waals surface area contributed by atoms with Crippen molar-refractivity contribution in [2.24, 2.45) is 11.8 Å². The zero-order chi connectivity index (χ0) is 29.1. The highest BCUT2D eigenvalue weighted by molar-refractivity contribution is 5.99. The highest BCUT2D eigenvalue weighted by atomic mass is 16.6. The van der Waals surface area contributed by atoms with E-state index >= 15 is 0 Å². The molecule has 3 N–H and O–H groups in total. The number of ether oxygens (including phenoxy) is 2. The van der Waals surface area contributed by atoms with E-state index in [0.29, 0.717) is 17.9 Å². The van der Waals surface area contributed by atoms with E-state index in [9.17, 15) is 14.4 Å². The van der Waals surface area contributed by atoms with Gasteiger partial charge < -0.3 is 25.4 Å². The fraction of sp³-hybridized carbons (Fsp3) is 0.469. The second-order valence-corrected chi connectivity index (χ2v) is 11.4. The Balaban J connectivity index is 1.76. The van der Waals surface area contributed by atoms with Crippen LogP contribution >= 0.6 is 0 Å². The Bertz CT molecular complexity index is 1140. The summed E-state index contributed by atoms with van der Waals surface area (Å²) >= 11 is 0. The summed E-state index contributed by atoms with van der Waals surface area (Å²) in [5, 5.41) is 8.79. The van der Waals surface area contributed by atoms with E-state index in [1.54, 1.807) is 58.2 Å². The zero-order valence-corrected chi connectivity index (χ0v) is 24.2. The fourth-order valence-corrected chi connectivity index (χ4v) is 4.92.